The second kappa shape index (κ2) is 6.41. The van der Waals surface area contributed by atoms with Crippen LogP contribution in [0.3, 0.4) is 0 Å². The molecule has 0 aromatic heterocycles. The van der Waals surface area contributed by atoms with Crippen molar-refractivity contribution in [2.75, 3.05) is 7.11 Å². The maximum atomic E-state index is 9.62. The molecule has 1 aromatic rings. The first-order valence-electron chi connectivity index (χ1n) is 6.03. The summed E-state index contributed by atoms with van der Waals surface area (Å²) in [6.07, 6.45) is 4.71. The zero-order valence-electron chi connectivity index (χ0n) is 10.5. The maximum Gasteiger partial charge on any atom is 0.160 e. The van der Waals surface area contributed by atoms with E-state index >= 15 is 0 Å². The highest BCUT2D eigenvalue weighted by Crippen LogP contribution is 2.27. The van der Waals surface area contributed by atoms with Gasteiger partial charge in [-0.05, 0) is 36.5 Å². The molecule has 1 rings (SSSR count). The van der Waals surface area contributed by atoms with Crippen molar-refractivity contribution >= 4 is 0 Å². The van der Waals surface area contributed by atoms with E-state index in [1.165, 1.54) is 24.8 Å². The number of hydrogen-bond donors (Lipinski definition) is 1. The Kier molecular flexibility index (Phi) is 5.17. The second-order valence-corrected chi connectivity index (χ2v) is 4.41. The standard InChI is InChI=1S/C14H22O2/c1-4-11(2)6-5-7-12-8-9-14(16-3)13(15)10-12/h8-11,15H,4-7H2,1-3H3. The molecule has 0 saturated carbocycles. The Labute approximate surface area is 98.3 Å². The van der Waals surface area contributed by atoms with Crippen LogP contribution in [0.25, 0.3) is 0 Å². The molecule has 0 radical (unpaired) electrons. The van der Waals surface area contributed by atoms with Crippen LogP contribution in [0.15, 0.2) is 18.2 Å². The fourth-order valence-corrected chi connectivity index (χ4v) is 1.75. The minimum atomic E-state index is 0.239. The average molecular weight is 222 g/mol. The third-order valence-corrected chi connectivity index (χ3v) is 3.10. The Morgan fingerprint density at radius 2 is 2.12 bits per heavy atom. The Balaban J connectivity index is 2.46. The average Bonchev–Trinajstić information content (AvgIpc) is 2.29. The maximum absolute atomic E-state index is 9.62. The highest BCUT2D eigenvalue weighted by Gasteiger charge is 2.03. The molecule has 90 valence electrons. The van der Waals surface area contributed by atoms with E-state index in [1.54, 1.807) is 13.2 Å². The first-order valence-corrected chi connectivity index (χ1v) is 6.03. The van der Waals surface area contributed by atoms with E-state index in [1.807, 2.05) is 12.1 Å². The van der Waals surface area contributed by atoms with Crippen LogP contribution in [0.5, 0.6) is 11.5 Å². The fraction of sp³-hybridized carbons (Fsp3) is 0.571. The van der Waals surface area contributed by atoms with Crippen molar-refractivity contribution in [1.82, 2.24) is 0 Å². The third kappa shape index (κ3) is 3.76. The largest absolute Gasteiger partial charge is 0.504 e. The monoisotopic (exact) mass is 222 g/mol. The lowest BCUT2D eigenvalue weighted by atomic mass is 9.99. The molecule has 1 N–H and O–H groups in total. The van der Waals surface area contributed by atoms with Crippen LogP contribution in [0.1, 0.15) is 38.7 Å². The van der Waals surface area contributed by atoms with E-state index in [-0.39, 0.29) is 5.75 Å². The summed E-state index contributed by atoms with van der Waals surface area (Å²) in [7, 11) is 1.57. The summed E-state index contributed by atoms with van der Waals surface area (Å²) in [5.74, 6) is 1.58. The molecule has 0 spiro atoms. The SMILES string of the molecule is CCC(C)CCCc1ccc(OC)c(O)c1. The highest BCUT2D eigenvalue weighted by atomic mass is 16.5. The highest BCUT2D eigenvalue weighted by molar-refractivity contribution is 5.41. The molecule has 0 aliphatic heterocycles. The molecule has 0 aliphatic carbocycles. The molecule has 0 amide bonds. The number of benzene rings is 1. The fourth-order valence-electron chi connectivity index (χ4n) is 1.75. The molecule has 0 saturated heterocycles. The summed E-state index contributed by atoms with van der Waals surface area (Å²) in [5, 5.41) is 9.62. The molecule has 0 heterocycles. The van der Waals surface area contributed by atoms with Gasteiger partial charge in [-0.1, -0.05) is 32.8 Å². The summed E-state index contributed by atoms with van der Waals surface area (Å²) in [6.45, 7) is 4.51. The minimum absolute atomic E-state index is 0.239. The Morgan fingerprint density at radius 1 is 1.38 bits per heavy atom. The van der Waals surface area contributed by atoms with Gasteiger partial charge in [0.05, 0.1) is 7.11 Å². The second-order valence-electron chi connectivity index (χ2n) is 4.41. The van der Waals surface area contributed by atoms with Gasteiger partial charge < -0.3 is 9.84 Å². The molecule has 0 fully saturated rings. The zero-order valence-corrected chi connectivity index (χ0v) is 10.5. The smallest absolute Gasteiger partial charge is 0.160 e. The van der Waals surface area contributed by atoms with Crippen LogP contribution >= 0.6 is 0 Å². The predicted molar refractivity (Wildman–Crippen MR) is 67.1 cm³/mol. The van der Waals surface area contributed by atoms with Gasteiger partial charge in [-0.15, -0.1) is 0 Å². The van der Waals surface area contributed by atoms with Crippen molar-refractivity contribution in [3.8, 4) is 11.5 Å². The van der Waals surface area contributed by atoms with E-state index in [2.05, 4.69) is 13.8 Å². The van der Waals surface area contributed by atoms with Crippen molar-refractivity contribution in [3.05, 3.63) is 23.8 Å². The summed E-state index contributed by atoms with van der Waals surface area (Å²) in [6, 6.07) is 5.65. The summed E-state index contributed by atoms with van der Waals surface area (Å²) in [4.78, 5) is 0. The molecule has 1 aromatic carbocycles. The van der Waals surface area contributed by atoms with E-state index in [9.17, 15) is 5.11 Å². The first-order chi connectivity index (χ1) is 7.67. The van der Waals surface area contributed by atoms with Gasteiger partial charge in [0.2, 0.25) is 0 Å². The normalized spacial score (nSPS) is 12.4. The van der Waals surface area contributed by atoms with Crippen LogP contribution in [0.4, 0.5) is 0 Å². The van der Waals surface area contributed by atoms with Gasteiger partial charge in [0.25, 0.3) is 0 Å². The quantitative estimate of drug-likeness (QED) is 0.794. The number of ether oxygens (including phenoxy) is 1. The van der Waals surface area contributed by atoms with Gasteiger partial charge in [0.1, 0.15) is 0 Å². The van der Waals surface area contributed by atoms with E-state index in [0.29, 0.717) is 5.75 Å². The lowest BCUT2D eigenvalue weighted by Gasteiger charge is -2.09. The molecule has 1 atom stereocenters. The van der Waals surface area contributed by atoms with Crippen LogP contribution in [-0.2, 0) is 6.42 Å². The van der Waals surface area contributed by atoms with Crippen molar-refractivity contribution in [2.24, 2.45) is 5.92 Å². The molecule has 16 heavy (non-hydrogen) atoms. The minimum Gasteiger partial charge on any atom is -0.504 e. The Bertz CT molecular complexity index is 321. The number of hydrogen-bond acceptors (Lipinski definition) is 2. The van der Waals surface area contributed by atoms with Crippen molar-refractivity contribution in [3.63, 3.8) is 0 Å². The third-order valence-electron chi connectivity index (χ3n) is 3.10. The van der Waals surface area contributed by atoms with Gasteiger partial charge in [0, 0.05) is 0 Å². The summed E-state index contributed by atoms with van der Waals surface area (Å²) < 4.78 is 5.01. The molecule has 1 unspecified atom stereocenters. The number of rotatable bonds is 6. The molecular weight excluding hydrogens is 200 g/mol. The summed E-state index contributed by atoms with van der Waals surface area (Å²) >= 11 is 0. The molecule has 0 bridgehead atoms. The Hall–Kier alpha value is -1.18. The van der Waals surface area contributed by atoms with Gasteiger partial charge in [-0.2, -0.15) is 0 Å². The van der Waals surface area contributed by atoms with Crippen molar-refractivity contribution in [1.29, 1.82) is 0 Å². The van der Waals surface area contributed by atoms with Crippen LogP contribution < -0.4 is 4.74 Å². The number of methoxy groups -OCH3 is 1. The first kappa shape index (κ1) is 12.9. The van der Waals surface area contributed by atoms with Gasteiger partial charge in [0.15, 0.2) is 11.5 Å². The van der Waals surface area contributed by atoms with Crippen molar-refractivity contribution < 1.29 is 9.84 Å². The molecule has 2 heteroatoms. The summed E-state index contributed by atoms with van der Waals surface area (Å²) in [5.41, 5.74) is 1.18. The van der Waals surface area contributed by atoms with Crippen LogP contribution in [0, 0.1) is 5.92 Å². The lowest BCUT2D eigenvalue weighted by Crippen LogP contribution is -1.94. The van der Waals surface area contributed by atoms with E-state index < -0.39 is 0 Å². The van der Waals surface area contributed by atoms with Gasteiger partial charge in [-0.3, -0.25) is 0 Å². The van der Waals surface area contributed by atoms with E-state index in [0.717, 1.165) is 12.3 Å². The lowest BCUT2D eigenvalue weighted by molar-refractivity contribution is 0.373. The number of phenolic OH excluding ortho intramolecular Hbond substituents is 1. The molecule has 0 aliphatic rings. The number of aryl methyl sites for hydroxylation is 1. The van der Waals surface area contributed by atoms with Gasteiger partial charge in [-0.25, -0.2) is 0 Å². The van der Waals surface area contributed by atoms with Crippen LogP contribution in [0.2, 0.25) is 0 Å². The van der Waals surface area contributed by atoms with Gasteiger partial charge >= 0.3 is 0 Å². The Morgan fingerprint density at radius 3 is 2.69 bits per heavy atom. The van der Waals surface area contributed by atoms with E-state index in [4.69, 9.17) is 4.74 Å². The topological polar surface area (TPSA) is 29.5 Å². The number of aromatic hydroxyl groups is 1. The van der Waals surface area contributed by atoms with Crippen LogP contribution in [-0.4, -0.2) is 12.2 Å². The molecule has 2 nitrogen and oxygen atoms in total. The predicted octanol–water partition coefficient (Wildman–Crippen LogP) is 3.77. The number of phenols is 1. The zero-order chi connectivity index (χ0) is 12.0. The van der Waals surface area contributed by atoms with Crippen molar-refractivity contribution in [2.45, 2.75) is 39.5 Å². The molecular formula is C14H22O2.